The molecular formula is C19H35NO6. The fourth-order valence-electron chi connectivity index (χ4n) is 2.47. The van der Waals surface area contributed by atoms with E-state index in [9.17, 15) is 19.5 Å². The van der Waals surface area contributed by atoms with Crippen LogP contribution in [0.3, 0.4) is 0 Å². The largest absolute Gasteiger partial charge is 0.481 e. The number of nitrogens with one attached hydrogen (secondary N) is 1. The van der Waals surface area contributed by atoms with Gasteiger partial charge in [0.25, 0.3) is 6.29 Å². The van der Waals surface area contributed by atoms with Crippen molar-refractivity contribution in [3.8, 4) is 0 Å². The number of ether oxygens (including phenoxy) is 2. The summed E-state index contributed by atoms with van der Waals surface area (Å²) >= 11 is 0. The smallest absolute Gasteiger partial charge is 0.410 e. The number of carbonyl (C=O) groups is 3. The summed E-state index contributed by atoms with van der Waals surface area (Å²) in [5, 5.41) is 11.9. The lowest BCUT2D eigenvalue weighted by molar-refractivity contribution is -0.178. The predicted octanol–water partition coefficient (Wildman–Crippen LogP) is 3.81. The zero-order valence-electron chi connectivity index (χ0n) is 16.9. The molecule has 0 aromatic carbocycles. The molecule has 1 amide bonds. The Morgan fingerprint density at radius 3 is 2.08 bits per heavy atom. The Kier molecular flexibility index (Phi) is 11.7. The van der Waals surface area contributed by atoms with Crippen LogP contribution in [0.15, 0.2) is 0 Å². The second-order valence-corrected chi connectivity index (χ2v) is 7.32. The molecule has 0 fully saturated rings. The van der Waals surface area contributed by atoms with Gasteiger partial charge in [-0.3, -0.25) is 9.59 Å². The Balaban J connectivity index is 4.65. The molecule has 0 aliphatic rings. The summed E-state index contributed by atoms with van der Waals surface area (Å²) in [6.45, 7) is 11.0. The van der Waals surface area contributed by atoms with Crippen LogP contribution >= 0.6 is 0 Å². The van der Waals surface area contributed by atoms with Crippen molar-refractivity contribution < 1.29 is 29.0 Å². The van der Waals surface area contributed by atoms with E-state index in [-0.39, 0.29) is 18.4 Å². The molecular weight excluding hydrogens is 338 g/mol. The molecule has 0 saturated heterocycles. The highest BCUT2D eigenvalue weighted by Crippen LogP contribution is 2.21. The maximum Gasteiger partial charge on any atom is 0.410 e. The molecule has 7 heteroatoms. The number of hydrogen-bond acceptors (Lipinski definition) is 5. The van der Waals surface area contributed by atoms with Crippen molar-refractivity contribution in [2.24, 2.45) is 23.7 Å². The molecule has 3 atom stereocenters. The van der Waals surface area contributed by atoms with Crippen LogP contribution in [-0.2, 0) is 19.1 Å². The van der Waals surface area contributed by atoms with Gasteiger partial charge in [0.2, 0.25) is 0 Å². The first-order valence-corrected chi connectivity index (χ1v) is 9.49. The van der Waals surface area contributed by atoms with Crippen LogP contribution < -0.4 is 5.32 Å². The highest BCUT2D eigenvalue weighted by atomic mass is 16.7. The number of carbonyl (C=O) groups excluding carboxylic acids is 2. The summed E-state index contributed by atoms with van der Waals surface area (Å²) in [6, 6.07) is 0. The summed E-state index contributed by atoms with van der Waals surface area (Å²) in [5.74, 6) is -2.29. The summed E-state index contributed by atoms with van der Waals surface area (Å²) in [7, 11) is 0. The van der Waals surface area contributed by atoms with Crippen LogP contribution in [0.2, 0.25) is 0 Å². The Morgan fingerprint density at radius 1 is 1.04 bits per heavy atom. The summed E-state index contributed by atoms with van der Waals surface area (Å²) < 4.78 is 10.3. The molecule has 0 bridgehead atoms. The second-order valence-electron chi connectivity index (χ2n) is 7.32. The van der Waals surface area contributed by atoms with Crippen molar-refractivity contribution in [2.75, 3.05) is 6.54 Å². The monoisotopic (exact) mass is 373 g/mol. The van der Waals surface area contributed by atoms with E-state index in [0.717, 1.165) is 19.3 Å². The van der Waals surface area contributed by atoms with Crippen LogP contribution in [0.25, 0.3) is 0 Å². The highest BCUT2D eigenvalue weighted by Gasteiger charge is 2.26. The lowest BCUT2D eigenvalue weighted by atomic mass is 9.89. The molecule has 0 saturated carbocycles. The third-order valence-electron chi connectivity index (χ3n) is 4.21. The number of aliphatic carboxylic acids is 1. The van der Waals surface area contributed by atoms with Gasteiger partial charge in [0.15, 0.2) is 0 Å². The van der Waals surface area contributed by atoms with Crippen LogP contribution in [0.1, 0.15) is 67.2 Å². The molecule has 0 radical (unpaired) electrons. The van der Waals surface area contributed by atoms with E-state index in [1.54, 1.807) is 27.7 Å². The van der Waals surface area contributed by atoms with E-state index in [2.05, 4.69) is 12.2 Å². The first-order valence-electron chi connectivity index (χ1n) is 9.49. The second kappa shape index (κ2) is 12.5. The molecule has 152 valence electrons. The number of amides is 1. The van der Waals surface area contributed by atoms with Gasteiger partial charge in [0.1, 0.15) is 0 Å². The average molecular weight is 373 g/mol. The normalized spacial score (nSPS) is 14.6. The standard InChI is InChI=1S/C19H35NO6/c1-7-9-14(8-2)10-15(16(21)22)11-20-19(24)26-18(13(5)6)25-17(23)12(3)4/h12-15,18H,7-11H2,1-6H3,(H,20,24)(H,21,22)/t14-,15?,18+/m1/s1. The molecule has 2 N–H and O–H groups in total. The highest BCUT2D eigenvalue weighted by molar-refractivity contribution is 5.73. The number of rotatable bonds is 12. The van der Waals surface area contributed by atoms with Crippen molar-refractivity contribution in [3.63, 3.8) is 0 Å². The van der Waals surface area contributed by atoms with Crippen molar-refractivity contribution in [1.82, 2.24) is 5.32 Å². The Morgan fingerprint density at radius 2 is 1.65 bits per heavy atom. The van der Waals surface area contributed by atoms with Crippen molar-refractivity contribution in [3.05, 3.63) is 0 Å². The summed E-state index contributed by atoms with van der Waals surface area (Å²) in [6.07, 6.45) is 1.59. The maximum absolute atomic E-state index is 12.0. The molecule has 0 rings (SSSR count). The minimum absolute atomic E-state index is 0.0165. The van der Waals surface area contributed by atoms with Crippen LogP contribution in [0, 0.1) is 23.7 Å². The van der Waals surface area contributed by atoms with Crippen LogP contribution in [0.4, 0.5) is 4.79 Å². The lowest BCUT2D eigenvalue weighted by Crippen LogP contribution is -2.39. The van der Waals surface area contributed by atoms with Gasteiger partial charge in [-0.2, -0.15) is 0 Å². The van der Waals surface area contributed by atoms with E-state index in [0.29, 0.717) is 12.3 Å². The third kappa shape index (κ3) is 9.63. The fraction of sp³-hybridized carbons (Fsp3) is 0.842. The zero-order chi connectivity index (χ0) is 20.3. The number of esters is 1. The number of alkyl carbamates (subject to hydrolysis) is 1. The number of carboxylic acid groups (broad SMARTS) is 1. The Hall–Kier alpha value is -1.79. The topological polar surface area (TPSA) is 102 Å². The third-order valence-corrected chi connectivity index (χ3v) is 4.21. The van der Waals surface area contributed by atoms with Gasteiger partial charge in [-0.15, -0.1) is 0 Å². The Labute approximate surface area is 156 Å². The van der Waals surface area contributed by atoms with E-state index >= 15 is 0 Å². The lowest BCUT2D eigenvalue weighted by Gasteiger charge is -2.23. The predicted molar refractivity (Wildman–Crippen MR) is 98.5 cm³/mol. The average Bonchev–Trinajstić information content (AvgIpc) is 2.56. The molecule has 0 aliphatic heterocycles. The van der Waals surface area contributed by atoms with E-state index in [1.807, 2.05) is 6.92 Å². The molecule has 26 heavy (non-hydrogen) atoms. The van der Waals surface area contributed by atoms with Crippen molar-refractivity contribution in [2.45, 2.75) is 73.5 Å². The SMILES string of the molecule is CCC[C@@H](CC)CC(CNC(=O)O[C@H](OC(=O)C(C)C)C(C)C)C(=O)O. The van der Waals surface area contributed by atoms with Gasteiger partial charge in [0, 0.05) is 12.5 Å². The first-order chi connectivity index (χ1) is 12.1. The van der Waals surface area contributed by atoms with Gasteiger partial charge < -0.3 is 19.9 Å². The van der Waals surface area contributed by atoms with Gasteiger partial charge in [-0.25, -0.2) is 4.79 Å². The zero-order valence-corrected chi connectivity index (χ0v) is 16.9. The van der Waals surface area contributed by atoms with E-state index in [1.165, 1.54) is 0 Å². The molecule has 7 nitrogen and oxygen atoms in total. The van der Waals surface area contributed by atoms with Crippen LogP contribution in [-0.4, -0.2) is 36.0 Å². The molecule has 0 aromatic heterocycles. The summed E-state index contributed by atoms with van der Waals surface area (Å²) in [5.41, 5.74) is 0. The molecule has 0 spiro atoms. The number of carboxylic acids is 1. The van der Waals surface area contributed by atoms with Crippen molar-refractivity contribution in [1.29, 1.82) is 0 Å². The minimum Gasteiger partial charge on any atom is -0.481 e. The van der Waals surface area contributed by atoms with Crippen LogP contribution in [0.5, 0.6) is 0 Å². The molecule has 0 aliphatic carbocycles. The minimum atomic E-state index is -1.00. The van der Waals surface area contributed by atoms with E-state index in [4.69, 9.17) is 9.47 Å². The van der Waals surface area contributed by atoms with Crippen molar-refractivity contribution >= 4 is 18.0 Å². The van der Waals surface area contributed by atoms with Gasteiger partial charge in [-0.05, 0) is 12.3 Å². The van der Waals surface area contributed by atoms with Gasteiger partial charge in [0.05, 0.1) is 11.8 Å². The Bertz CT molecular complexity index is 449. The molecule has 1 unspecified atom stereocenters. The fourth-order valence-corrected chi connectivity index (χ4v) is 2.47. The quantitative estimate of drug-likeness (QED) is 0.398. The molecule has 0 heterocycles. The van der Waals surface area contributed by atoms with E-state index < -0.39 is 30.2 Å². The first kappa shape index (κ1) is 24.2. The van der Waals surface area contributed by atoms with Gasteiger partial charge >= 0.3 is 18.0 Å². The molecule has 0 aromatic rings. The number of hydrogen-bond donors (Lipinski definition) is 2. The van der Waals surface area contributed by atoms with Gasteiger partial charge in [-0.1, -0.05) is 60.8 Å². The maximum atomic E-state index is 12.0. The summed E-state index contributed by atoms with van der Waals surface area (Å²) in [4.78, 5) is 35.2.